The van der Waals surface area contributed by atoms with Gasteiger partial charge in [0.1, 0.15) is 6.26 Å². The molecule has 0 fully saturated rings. The molecule has 0 unspecified atom stereocenters. The second-order valence-corrected chi connectivity index (χ2v) is 7.77. The smallest absolute Gasteiger partial charge is 0.293 e. The van der Waals surface area contributed by atoms with Crippen LogP contribution in [0.2, 0.25) is 5.02 Å². The van der Waals surface area contributed by atoms with Crippen LogP contribution in [0.15, 0.2) is 59.3 Å². The molecule has 0 saturated heterocycles. The molecular weight excluding hydrogens is 394 g/mol. The Kier molecular flexibility index (Phi) is 5.76. The van der Waals surface area contributed by atoms with Gasteiger partial charge in [0, 0.05) is 11.2 Å². The standard InChI is InChI=1S/C20H22ClN5OS/c1-20(2,14-6-4-7-15(21)11-14)25-19(28)24-16-8-3-5-13(17(16)22)12-26-9-10-27-18(26)23/h3-11,23H,12,22H2,1-2H3,(H2,24,25,28). The number of oxazole rings is 1. The van der Waals surface area contributed by atoms with Crippen molar-refractivity contribution in [3.05, 3.63) is 76.8 Å². The van der Waals surface area contributed by atoms with Crippen LogP contribution in [0.4, 0.5) is 11.4 Å². The number of nitrogens with two attached hydrogens (primary N) is 1. The van der Waals surface area contributed by atoms with Gasteiger partial charge in [-0.05, 0) is 55.4 Å². The summed E-state index contributed by atoms with van der Waals surface area (Å²) in [6, 6.07) is 13.3. The molecule has 8 heteroatoms. The average Bonchev–Trinajstić information content (AvgIpc) is 3.03. The average molecular weight is 416 g/mol. The first-order valence-corrected chi connectivity index (χ1v) is 9.46. The molecule has 0 bridgehead atoms. The molecule has 0 spiro atoms. The van der Waals surface area contributed by atoms with E-state index < -0.39 is 5.54 Å². The Morgan fingerprint density at radius 1 is 1.29 bits per heavy atom. The van der Waals surface area contributed by atoms with E-state index in [1.54, 1.807) is 10.8 Å². The Balaban J connectivity index is 1.74. The number of halogens is 1. The van der Waals surface area contributed by atoms with Crippen molar-refractivity contribution in [1.82, 2.24) is 9.88 Å². The Morgan fingerprint density at radius 3 is 2.71 bits per heavy atom. The number of hydrogen-bond donors (Lipinski definition) is 4. The maximum Gasteiger partial charge on any atom is 0.293 e. The van der Waals surface area contributed by atoms with Gasteiger partial charge in [-0.1, -0.05) is 35.9 Å². The minimum atomic E-state index is -0.422. The van der Waals surface area contributed by atoms with Crippen molar-refractivity contribution in [3.63, 3.8) is 0 Å². The third-order valence-corrected chi connectivity index (χ3v) is 4.88. The van der Waals surface area contributed by atoms with Crippen molar-refractivity contribution < 1.29 is 4.42 Å². The topological polar surface area (TPSA) is 92.0 Å². The summed E-state index contributed by atoms with van der Waals surface area (Å²) in [4.78, 5) is 0. The fourth-order valence-corrected chi connectivity index (χ4v) is 3.41. The Hall–Kier alpha value is -2.77. The Labute approximate surface area is 173 Å². The molecule has 5 N–H and O–H groups in total. The van der Waals surface area contributed by atoms with Crippen molar-refractivity contribution in [2.75, 3.05) is 11.1 Å². The summed E-state index contributed by atoms with van der Waals surface area (Å²) in [5, 5.41) is 15.3. The van der Waals surface area contributed by atoms with Crippen LogP contribution in [-0.4, -0.2) is 9.68 Å². The van der Waals surface area contributed by atoms with E-state index in [0.29, 0.717) is 28.1 Å². The van der Waals surface area contributed by atoms with Gasteiger partial charge in [0.15, 0.2) is 5.11 Å². The summed E-state index contributed by atoms with van der Waals surface area (Å²) < 4.78 is 6.67. The van der Waals surface area contributed by atoms with Crippen LogP contribution >= 0.6 is 23.8 Å². The van der Waals surface area contributed by atoms with Crippen LogP contribution in [0.25, 0.3) is 0 Å². The molecule has 2 aromatic carbocycles. The number of anilines is 2. The lowest BCUT2D eigenvalue weighted by atomic mass is 9.94. The van der Waals surface area contributed by atoms with Crippen molar-refractivity contribution in [2.45, 2.75) is 25.9 Å². The van der Waals surface area contributed by atoms with E-state index in [1.165, 1.54) is 6.26 Å². The van der Waals surface area contributed by atoms with Gasteiger partial charge in [-0.2, -0.15) is 0 Å². The Bertz CT molecular complexity index is 1060. The molecule has 146 valence electrons. The van der Waals surface area contributed by atoms with Gasteiger partial charge in [-0.3, -0.25) is 9.98 Å². The molecule has 1 heterocycles. The highest BCUT2D eigenvalue weighted by molar-refractivity contribution is 7.80. The van der Waals surface area contributed by atoms with E-state index in [0.717, 1.165) is 11.1 Å². The Morgan fingerprint density at radius 2 is 2.04 bits per heavy atom. The van der Waals surface area contributed by atoms with Crippen LogP contribution in [0.3, 0.4) is 0 Å². The first-order chi connectivity index (χ1) is 13.3. The first-order valence-electron chi connectivity index (χ1n) is 8.67. The summed E-state index contributed by atoms with van der Waals surface area (Å²) >= 11 is 11.6. The van der Waals surface area contributed by atoms with Gasteiger partial charge < -0.3 is 20.8 Å². The van der Waals surface area contributed by atoms with E-state index in [-0.39, 0.29) is 5.68 Å². The van der Waals surface area contributed by atoms with E-state index in [2.05, 4.69) is 10.6 Å². The van der Waals surface area contributed by atoms with Crippen molar-refractivity contribution in [3.8, 4) is 0 Å². The summed E-state index contributed by atoms with van der Waals surface area (Å²) in [6.07, 6.45) is 3.17. The molecule has 0 aliphatic carbocycles. The minimum absolute atomic E-state index is 0.0678. The highest BCUT2D eigenvalue weighted by Crippen LogP contribution is 2.25. The normalized spacial score (nSPS) is 11.2. The van der Waals surface area contributed by atoms with Gasteiger partial charge in [0.2, 0.25) is 0 Å². The van der Waals surface area contributed by atoms with E-state index in [4.69, 9.17) is 39.4 Å². The predicted octanol–water partition coefficient (Wildman–Crippen LogP) is 4.07. The zero-order valence-corrected chi connectivity index (χ0v) is 17.2. The molecule has 3 aromatic rings. The number of benzene rings is 2. The summed E-state index contributed by atoms with van der Waals surface area (Å²) in [6.45, 7) is 4.49. The molecule has 0 amide bonds. The number of aromatic nitrogens is 1. The lowest BCUT2D eigenvalue weighted by Gasteiger charge is -2.29. The molecule has 0 saturated carbocycles. The molecule has 0 radical (unpaired) electrons. The molecule has 28 heavy (non-hydrogen) atoms. The maximum atomic E-state index is 7.73. The maximum absolute atomic E-state index is 7.73. The number of hydrogen-bond acceptors (Lipinski definition) is 4. The number of nitrogens with one attached hydrogen (secondary N) is 3. The molecule has 0 aliphatic heterocycles. The van der Waals surface area contributed by atoms with Crippen LogP contribution < -0.4 is 22.1 Å². The van der Waals surface area contributed by atoms with Crippen LogP contribution in [0, 0.1) is 5.41 Å². The zero-order chi connectivity index (χ0) is 20.3. The third-order valence-electron chi connectivity index (χ3n) is 4.44. The second kappa shape index (κ2) is 8.08. The van der Waals surface area contributed by atoms with Gasteiger partial charge in [0.05, 0.1) is 23.5 Å². The first kappa shape index (κ1) is 20.0. The van der Waals surface area contributed by atoms with Gasteiger partial charge >= 0.3 is 0 Å². The number of nitrogens with zero attached hydrogens (tertiary/aromatic N) is 1. The summed E-state index contributed by atoms with van der Waals surface area (Å²) in [5.74, 6) is 0. The largest absolute Gasteiger partial charge is 0.432 e. The molecular formula is C20H22ClN5OS. The predicted molar refractivity (Wildman–Crippen MR) is 116 cm³/mol. The molecule has 0 aliphatic rings. The zero-order valence-electron chi connectivity index (χ0n) is 15.6. The lowest BCUT2D eigenvalue weighted by Crippen LogP contribution is -2.43. The summed E-state index contributed by atoms with van der Waals surface area (Å²) in [5.41, 5.74) is 9.12. The summed E-state index contributed by atoms with van der Waals surface area (Å²) in [7, 11) is 0. The van der Waals surface area contributed by atoms with Gasteiger partial charge in [-0.25, -0.2) is 0 Å². The molecule has 1 aromatic heterocycles. The van der Waals surface area contributed by atoms with E-state index >= 15 is 0 Å². The highest BCUT2D eigenvalue weighted by Gasteiger charge is 2.22. The third kappa shape index (κ3) is 4.55. The monoisotopic (exact) mass is 415 g/mol. The highest BCUT2D eigenvalue weighted by atomic mass is 35.5. The van der Waals surface area contributed by atoms with Crippen LogP contribution in [0.5, 0.6) is 0 Å². The minimum Gasteiger partial charge on any atom is -0.432 e. The fraction of sp³-hybridized carbons (Fsp3) is 0.200. The van der Waals surface area contributed by atoms with Crippen LogP contribution in [-0.2, 0) is 12.1 Å². The number of para-hydroxylation sites is 1. The van der Waals surface area contributed by atoms with E-state index in [9.17, 15) is 0 Å². The van der Waals surface area contributed by atoms with Crippen molar-refractivity contribution in [2.24, 2.45) is 0 Å². The number of rotatable bonds is 5. The lowest BCUT2D eigenvalue weighted by molar-refractivity contribution is 0.458. The SMILES string of the molecule is CC(C)(NC(=S)Nc1cccc(Cn2ccoc2=N)c1N)c1cccc(Cl)c1. The fourth-order valence-electron chi connectivity index (χ4n) is 2.86. The van der Waals surface area contributed by atoms with Gasteiger partial charge in [0.25, 0.3) is 5.68 Å². The molecule has 3 rings (SSSR count). The number of nitrogen functional groups attached to an aromatic ring is 1. The molecule has 0 atom stereocenters. The number of thiocarbonyl (C=S) groups is 1. The molecule has 6 nitrogen and oxygen atoms in total. The van der Waals surface area contributed by atoms with Crippen molar-refractivity contribution >= 4 is 40.3 Å². The van der Waals surface area contributed by atoms with Crippen LogP contribution in [0.1, 0.15) is 25.0 Å². The van der Waals surface area contributed by atoms with Gasteiger partial charge in [-0.15, -0.1) is 0 Å². The van der Waals surface area contributed by atoms with Crippen molar-refractivity contribution in [1.29, 1.82) is 5.41 Å². The van der Waals surface area contributed by atoms with E-state index in [1.807, 2.05) is 56.3 Å². The second-order valence-electron chi connectivity index (χ2n) is 6.93. The quantitative estimate of drug-likeness (QED) is 0.372.